The van der Waals surface area contributed by atoms with Crippen LogP contribution >= 0.6 is 13.5 Å². The number of hydrogen-bond donors (Lipinski definition) is 0. The first-order chi connectivity index (χ1) is 9.45. The Morgan fingerprint density at radius 1 is 1.24 bits per heavy atom. The molecule has 0 saturated heterocycles. The van der Waals surface area contributed by atoms with E-state index in [-0.39, 0.29) is 13.5 Å². The van der Waals surface area contributed by atoms with E-state index in [0.29, 0.717) is 17.0 Å². The summed E-state index contributed by atoms with van der Waals surface area (Å²) < 4.78 is 39.7. The summed E-state index contributed by atoms with van der Waals surface area (Å²) in [6.07, 6.45) is -1.02. The monoisotopic (exact) mass is 318 g/mol. The summed E-state index contributed by atoms with van der Waals surface area (Å²) >= 11 is 0. The number of aromatic nitrogens is 2. The van der Waals surface area contributed by atoms with Gasteiger partial charge in [-0.15, -0.1) is 0 Å². The summed E-state index contributed by atoms with van der Waals surface area (Å²) in [6, 6.07) is 3.73. The van der Waals surface area contributed by atoms with Gasteiger partial charge in [0.1, 0.15) is 5.82 Å². The Morgan fingerprint density at radius 2 is 1.86 bits per heavy atom. The van der Waals surface area contributed by atoms with E-state index in [1.807, 2.05) is 13.8 Å². The molecular formula is C15H21F3N2S. The van der Waals surface area contributed by atoms with Crippen molar-refractivity contribution in [2.24, 2.45) is 13.0 Å². The lowest BCUT2D eigenvalue weighted by Crippen LogP contribution is -2.05. The van der Waals surface area contributed by atoms with Crippen molar-refractivity contribution < 1.29 is 13.2 Å². The number of alkyl halides is 3. The molecule has 0 bridgehead atoms. The normalized spacial score (nSPS) is 14.4. The maximum atomic E-state index is 12.6. The van der Waals surface area contributed by atoms with Crippen molar-refractivity contribution in [1.29, 1.82) is 0 Å². The van der Waals surface area contributed by atoms with Crippen LogP contribution in [-0.2, 0) is 19.6 Å². The van der Waals surface area contributed by atoms with Crippen LogP contribution in [0, 0.1) is 5.92 Å². The molecule has 2 aromatic rings. The van der Waals surface area contributed by atoms with Crippen LogP contribution in [0.4, 0.5) is 13.2 Å². The molecule has 0 aliphatic heterocycles. The molecule has 0 amide bonds. The predicted molar refractivity (Wildman–Crippen MR) is 83.9 cm³/mol. The maximum absolute atomic E-state index is 12.6. The Kier molecular flexibility index (Phi) is 5.73. The molecule has 1 saturated carbocycles. The second-order valence-corrected chi connectivity index (χ2v) is 4.94. The summed E-state index contributed by atoms with van der Waals surface area (Å²) in [5, 5.41) is 0. The molecule has 6 heteroatoms. The zero-order valence-corrected chi connectivity index (χ0v) is 13.5. The molecule has 0 spiro atoms. The first-order valence-corrected chi connectivity index (χ1v) is 6.97. The van der Waals surface area contributed by atoms with Crippen molar-refractivity contribution >= 4 is 24.5 Å². The zero-order chi connectivity index (χ0) is 14.9. The molecule has 3 rings (SSSR count). The van der Waals surface area contributed by atoms with Gasteiger partial charge in [-0.05, 0) is 37.0 Å². The standard InChI is InChI=1S/C13H13F3N2.C2H6.H2S/c1-18-11-7-9(13(14,15)16)4-5-10(11)17-12(18)6-8-2-3-8;1-2;/h4-5,7-8H,2-3,6H2,1H3;1-2H3;1H2. The second-order valence-electron chi connectivity index (χ2n) is 4.94. The largest absolute Gasteiger partial charge is 0.416 e. The minimum absolute atomic E-state index is 0. The maximum Gasteiger partial charge on any atom is 0.416 e. The Bertz CT molecular complexity index is 601. The van der Waals surface area contributed by atoms with Crippen LogP contribution in [0.5, 0.6) is 0 Å². The highest BCUT2D eigenvalue weighted by Gasteiger charge is 2.31. The third-order valence-corrected chi connectivity index (χ3v) is 3.47. The first-order valence-electron chi connectivity index (χ1n) is 6.97. The number of imidazole rings is 1. The SMILES string of the molecule is CC.Cn1c(CC2CC2)nc2ccc(C(F)(F)F)cc21.S. The lowest BCUT2D eigenvalue weighted by atomic mass is 10.2. The van der Waals surface area contributed by atoms with Crippen LogP contribution < -0.4 is 0 Å². The molecule has 1 fully saturated rings. The number of nitrogens with zero attached hydrogens (tertiary/aromatic N) is 2. The Hall–Kier alpha value is -1.17. The highest BCUT2D eigenvalue weighted by Crippen LogP contribution is 2.34. The van der Waals surface area contributed by atoms with Gasteiger partial charge in [0.25, 0.3) is 0 Å². The molecule has 0 atom stereocenters. The minimum atomic E-state index is -4.30. The molecule has 1 aromatic heterocycles. The molecule has 118 valence electrons. The molecule has 0 unspecified atom stereocenters. The first kappa shape index (κ1) is 17.9. The third-order valence-electron chi connectivity index (χ3n) is 3.47. The van der Waals surface area contributed by atoms with E-state index < -0.39 is 11.7 Å². The molecule has 1 aliphatic rings. The molecule has 1 heterocycles. The topological polar surface area (TPSA) is 17.8 Å². The van der Waals surface area contributed by atoms with E-state index in [9.17, 15) is 13.2 Å². The van der Waals surface area contributed by atoms with Gasteiger partial charge < -0.3 is 4.57 Å². The van der Waals surface area contributed by atoms with Crippen molar-refractivity contribution in [2.45, 2.75) is 39.3 Å². The molecule has 1 aliphatic carbocycles. The number of aryl methyl sites for hydroxylation is 1. The van der Waals surface area contributed by atoms with Crippen molar-refractivity contribution in [1.82, 2.24) is 9.55 Å². The van der Waals surface area contributed by atoms with Gasteiger partial charge in [-0.25, -0.2) is 4.98 Å². The van der Waals surface area contributed by atoms with Gasteiger partial charge in [0, 0.05) is 13.5 Å². The smallest absolute Gasteiger partial charge is 0.331 e. The van der Waals surface area contributed by atoms with Crippen LogP contribution in [0.15, 0.2) is 18.2 Å². The highest BCUT2D eigenvalue weighted by atomic mass is 32.1. The predicted octanol–water partition coefficient (Wildman–Crippen LogP) is 4.68. The van der Waals surface area contributed by atoms with Crippen molar-refractivity contribution in [3.8, 4) is 0 Å². The number of benzene rings is 1. The second kappa shape index (κ2) is 6.73. The zero-order valence-electron chi connectivity index (χ0n) is 12.5. The fourth-order valence-electron chi connectivity index (χ4n) is 2.18. The summed E-state index contributed by atoms with van der Waals surface area (Å²) in [4.78, 5) is 4.41. The quantitative estimate of drug-likeness (QED) is 0.786. The van der Waals surface area contributed by atoms with Gasteiger partial charge in [-0.1, -0.05) is 13.8 Å². The van der Waals surface area contributed by atoms with Crippen LogP contribution in [0.1, 0.15) is 38.1 Å². The summed E-state index contributed by atoms with van der Waals surface area (Å²) in [7, 11) is 1.78. The van der Waals surface area contributed by atoms with Crippen LogP contribution in [0.3, 0.4) is 0 Å². The lowest BCUT2D eigenvalue weighted by Gasteiger charge is -2.06. The summed E-state index contributed by atoms with van der Waals surface area (Å²) in [6.45, 7) is 4.00. The fraction of sp³-hybridized carbons (Fsp3) is 0.533. The molecule has 1 aromatic carbocycles. The molecule has 2 nitrogen and oxygen atoms in total. The summed E-state index contributed by atoms with van der Waals surface area (Å²) in [5.74, 6) is 1.55. The van der Waals surface area contributed by atoms with Crippen molar-refractivity contribution in [2.75, 3.05) is 0 Å². The van der Waals surface area contributed by atoms with E-state index in [2.05, 4.69) is 4.98 Å². The van der Waals surface area contributed by atoms with E-state index in [0.717, 1.165) is 18.3 Å². The average Bonchev–Trinajstić information content (AvgIpc) is 3.17. The van der Waals surface area contributed by atoms with Gasteiger partial charge in [-0.2, -0.15) is 26.7 Å². The van der Waals surface area contributed by atoms with Crippen molar-refractivity contribution in [3.05, 3.63) is 29.6 Å². The van der Waals surface area contributed by atoms with Gasteiger partial charge in [0.2, 0.25) is 0 Å². The third kappa shape index (κ3) is 3.93. The van der Waals surface area contributed by atoms with Crippen molar-refractivity contribution in [3.63, 3.8) is 0 Å². The number of halogens is 3. The Morgan fingerprint density at radius 3 is 2.38 bits per heavy atom. The molecule has 0 radical (unpaired) electrons. The number of fused-ring (bicyclic) bond motifs is 1. The van der Waals surface area contributed by atoms with Gasteiger partial charge >= 0.3 is 6.18 Å². The van der Waals surface area contributed by atoms with E-state index in [1.54, 1.807) is 11.6 Å². The lowest BCUT2D eigenvalue weighted by molar-refractivity contribution is -0.137. The minimum Gasteiger partial charge on any atom is -0.331 e. The van der Waals surface area contributed by atoms with Crippen LogP contribution in [0.25, 0.3) is 11.0 Å². The van der Waals surface area contributed by atoms with Gasteiger partial charge in [0.05, 0.1) is 16.6 Å². The molecular weight excluding hydrogens is 297 g/mol. The van der Waals surface area contributed by atoms with Crippen LogP contribution in [0.2, 0.25) is 0 Å². The highest BCUT2D eigenvalue weighted by molar-refractivity contribution is 7.59. The summed E-state index contributed by atoms with van der Waals surface area (Å²) in [5.41, 5.74) is 0.581. The molecule has 0 N–H and O–H groups in total. The number of hydrogen-bond acceptors (Lipinski definition) is 1. The van der Waals surface area contributed by atoms with Gasteiger partial charge in [0.15, 0.2) is 0 Å². The fourth-order valence-corrected chi connectivity index (χ4v) is 2.18. The van der Waals surface area contributed by atoms with Gasteiger partial charge in [-0.3, -0.25) is 0 Å². The Labute approximate surface area is 129 Å². The number of rotatable bonds is 2. The van der Waals surface area contributed by atoms with E-state index in [1.165, 1.54) is 25.0 Å². The van der Waals surface area contributed by atoms with Crippen LogP contribution in [-0.4, -0.2) is 9.55 Å². The Balaban J connectivity index is 0.000000706. The van der Waals surface area contributed by atoms with E-state index in [4.69, 9.17) is 0 Å². The average molecular weight is 318 g/mol. The molecule has 21 heavy (non-hydrogen) atoms. The van der Waals surface area contributed by atoms with E-state index >= 15 is 0 Å².